The van der Waals surface area contributed by atoms with Gasteiger partial charge in [-0.1, -0.05) is 90.8 Å². The molecule has 0 radical (unpaired) electrons. The fraction of sp³-hybridized carbons (Fsp3) is 0.306. The molecule has 4 aromatic rings. The van der Waals surface area contributed by atoms with E-state index in [0.29, 0.717) is 6.61 Å². The van der Waals surface area contributed by atoms with Crippen molar-refractivity contribution in [2.24, 2.45) is 5.41 Å². The Kier molecular flexibility index (Phi) is 8.99. The molecule has 0 bridgehead atoms. The molecule has 0 saturated heterocycles. The Labute approximate surface area is 238 Å². The largest absolute Gasteiger partial charge is 0.497 e. The molecule has 0 saturated carbocycles. The summed E-state index contributed by atoms with van der Waals surface area (Å²) in [6.45, 7) is 10.5. The molecule has 0 heterocycles. The molecule has 4 rings (SSSR count). The number of carbonyl (C=O) groups excluding carboxylic acids is 1. The minimum Gasteiger partial charge on any atom is -0.497 e. The van der Waals surface area contributed by atoms with Crippen LogP contribution < -0.4 is 9.47 Å². The number of rotatable bonds is 11. The van der Waals surface area contributed by atoms with Crippen LogP contribution in [0.1, 0.15) is 60.6 Å². The van der Waals surface area contributed by atoms with Gasteiger partial charge in [-0.2, -0.15) is 0 Å². The van der Waals surface area contributed by atoms with Gasteiger partial charge in [0.15, 0.2) is 0 Å². The highest BCUT2D eigenvalue weighted by Crippen LogP contribution is 2.46. The number of benzene rings is 4. The van der Waals surface area contributed by atoms with E-state index in [1.54, 1.807) is 7.11 Å². The van der Waals surface area contributed by atoms with Gasteiger partial charge in [0.1, 0.15) is 24.7 Å². The summed E-state index contributed by atoms with van der Waals surface area (Å²) in [6.07, 6.45) is 0.728. The Morgan fingerprint density at radius 2 is 1.02 bits per heavy atom. The Hall–Kier alpha value is -4.05. The van der Waals surface area contributed by atoms with Crippen LogP contribution in [-0.2, 0) is 14.9 Å². The van der Waals surface area contributed by atoms with Gasteiger partial charge < -0.3 is 14.2 Å². The number of aryl methyl sites for hydroxylation is 2. The summed E-state index contributed by atoms with van der Waals surface area (Å²) < 4.78 is 16.9. The Morgan fingerprint density at radius 3 is 1.43 bits per heavy atom. The van der Waals surface area contributed by atoms with Crippen molar-refractivity contribution in [2.45, 2.75) is 46.5 Å². The van der Waals surface area contributed by atoms with Crippen LogP contribution in [0.3, 0.4) is 0 Å². The molecule has 0 unspecified atom stereocenters. The molecule has 208 valence electrons. The molecule has 0 aliphatic heterocycles. The molecule has 0 fully saturated rings. The second kappa shape index (κ2) is 12.4. The lowest BCUT2D eigenvalue weighted by Gasteiger charge is -2.37. The van der Waals surface area contributed by atoms with Crippen molar-refractivity contribution in [3.8, 4) is 11.5 Å². The maximum atomic E-state index is 12.3. The van der Waals surface area contributed by atoms with E-state index in [1.807, 2.05) is 45.0 Å². The van der Waals surface area contributed by atoms with Crippen LogP contribution >= 0.6 is 0 Å². The number of hydrogen-bond acceptors (Lipinski definition) is 4. The van der Waals surface area contributed by atoms with Crippen molar-refractivity contribution in [1.82, 2.24) is 0 Å². The van der Waals surface area contributed by atoms with Crippen LogP contribution in [0, 0.1) is 19.3 Å². The topological polar surface area (TPSA) is 44.8 Å². The second-order valence-corrected chi connectivity index (χ2v) is 11.0. The number of methoxy groups -OCH3 is 1. The summed E-state index contributed by atoms with van der Waals surface area (Å²) >= 11 is 0. The summed E-state index contributed by atoms with van der Waals surface area (Å²) in [6, 6.07) is 34.1. The van der Waals surface area contributed by atoms with Gasteiger partial charge in [0, 0.05) is 0 Å². The third kappa shape index (κ3) is 6.07. The lowest BCUT2D eigenvalue weighted by atomic mass is 9.65. The zero-order chi connectivity index (χ0) is 28.8. The second-order valence-electron chi connectivity index (χ2n) is 11.0. The van der Waals surface area contributed by atoms with Gasteiger partial charge in [0.25, 0.3) is 0 Å². The van der Waals surface area contributed by atoms with E-state index in [-0.39, 0.29) is 12.6 Å². The molecule has 4 heteroatoms. The van der Waals surface area contributed by atoms with Crippen LogP contribution in [0.2, 0.25) is 0 Å². The molecular weight excluding hydrogens is 496 g/mol. The molecule has 0 spiro atoms. The lowest BCUT2D eigenvalue weighted by molar-refractivity contribution is -0.154. The number of ether oxygens (including phenoxy) is 3. The lowest BCUT2D eigenvalue weighted by Crippen LogP contribution is -2.31. The molecule has 0 N–H and O–H groups in total. The maximum absolute atomic E-state index is 12.3. The highest BCUT2D eigenvalue weighted by molar-refractivity contribution is 5.75. The van der Waals surface area contributed by atoms with E-state index < -0.39 is 10.8 Å². The minimum atomic E-state index is -0.562. The van der Waals surface area contributed by atoms with Crippen LogP contribution in [0.5, 0.6) is 11.5 Å². The van der Waals surface area contributed by atoms with Crippen molar-refractivity contribution in [2.75, 3.05) is 20.3 Å². The predicted molar refractivity (Wildman–Crippen MR) is 161 cm³/mol. The molecule has 0 aliphatic carbocycles. The van der Waals surface area contributed by atoms with E-state index in [1.165, 1.54) is 22.3 Å². The predicted octanol–water partition coefficient (Wildman–Crippen LogP) is 8.05. The average Bonchev–Trinajstić information content (AvgIpc) is 2.98. The first-order valence-electron chi connectivity index (χ1n) is 13.9. The van der Waals surface area contributed by atoms with Crippen LogP contribution in [0.25, 0.3) is 0 Å². The standard InChI is InChI=1S/C36H40O4/c1-7-35(4,5)34(37)40-25-24-39-33-22-18-31(19-23-33)36(28-12-8-26(2)9-13-28,29-14-10-27(3)11-15-29)30-16-20-32(38-6)21-17-30/h8-23H,7,24-25H2,1-6H3. The number of hydrogen-bond donors (Lipinski definition) is 0. The van der Waals surface area contributed by atoms with Crippen LogP contribution in [0.15, 0.2) is 97.1 Å². The average molecular weight is 537 g/mol. The van der Waals surface area contributed by atoms with Gasteiger partial charge in [-0.05, 0) is 80.6 Å². The quantitative estimate of drug-likeness (QED) is 0.110. The van der Waals surface area contributed by atoms with E-state index >= 15 is 0 Å². The smallest absolute Gasteiger partial charge is 0.311 e. The van der Waals surface area contributed by atoms with Crippen molar-refractivity contribution in [3.05, 3.63) is 130 Å². The molecule has 0 aliphatic rings. The van der Waals surface area contributed by atoms with E-state index in [2.05, 4.69) is 86.6 Å². The fourth-order valence-corrected chi connectivity index (χ4v) is 4.88. The van der Waals surface area contributed by atoms with Crippen molar-refractivity contribution >= 4 is 5.97 Å². The summed E-state index contributed by atoms with van der Waals surface area (Å²) in [7, 11) is 1.69. The van der Waals surface area contributed by atoms with Gasteiger partial charge in [-0.25, -0.2) is 0 Å². The normalized spacial score (nSPS) is 11.7. The first kappa shape index (κ1) is 28.9. The maximum Gasteiger partial charge on any atom is 0.311 e. The van der Waals surface area contributed by atoms with Crippen LogP contribution in [0.4, 0.5) is 0 Å². The molecule has 4 aromatic carbocycles. The van der Waals surface area contributed by atoms with Gasteiger partial charge in [-0.15, -0.1) is 0 Å². The fourth-order valence-electron chi connectivity index (χ4n) is 4.88. The first-order chi connectivity index (χ1) is 19.2. The monoisotopic (exact) mass is 536 g/mol. The van der Waals surface area contributed by atoms with Gasteiger partial charge in [0.2, 0.25) is 0 Å². The summed E-state index contributed by atoms with van der Waals surface area (Å²) in [4.78, 5) is 12.3. The number of carbonyl (C=O) groups is 1. The van der Waals surface area contributed by atoms with Crippen molar-refractivity contribution in [3.63, 3.8) is 0 Å². The molecule has 0 atom stereocenters. The highest BCUT2D eigenvalue weighted by atomic mass is 16.6. The Bertz CT molecular complexity index is 1340. The third-order valence-corrected chi connectivity index (χ3v) is 7.80. The van der Waals surface area contributed by atoms with E-state index in [4.69, 9.17) is 14.2 Å². The minimum absolute atomic E-state index is 0.200. The Balaban J connectivity index is 1.72. The molecule has 4 nitrogen and oxygen atoms in total. The molecular formula is C36H40O4. The van der Waals surface area contributed by atoms with Gasteiger partial charge >= 0.3 is 5.97 Å². The van der Waals surface area contributed by atoms with Crippen molar-refractivity contribution < 1.29 is 19.0 Å². The van der Waals surface area contributed by atoms with E-state index in [9.17, 15) is 4.79 Å². The van der Waals surface area contributed by atoms with E-state index in [0.717, 1.165) is 29.0 Å². The molecule has 0 aromatic heterocycles. The zero-order valence-corrected chi connectivity index (χ0v) is 24.5. The Morgan fingerprint density at radius 1 is 0.625 bits per heavy atom. The van der Waals surface area contributed by atoms with Crippen molar-refractivity contribution in [1.29, 1.82) is 0 Å². The SMILES string of the molecule is CCC(C)(C)C(=O)OCCOc1ccc(C(c2ccc(C)cc2)(c2ccc(C)cc2)c2ccc(OC)cc2)cc1. The first-order valence-corrected chi connectivity index (χ1v) is 13.9. The highest BCUT2D eigenvalue weighted by Gasteiger charge is 2.38. The number of esters is 1. The van der Waals surface area contributed by atoms with Crippen LogP contribution in [-0.4, -0.2) is 26.3 Å². The zero-order valence-electron chi connectivity index (χ0n) is 24.5. The van der Waals surface area contributed by atoms with Gasteiger partial charge in [0.05, 0.1) is 17.9 Å². The van der Waals surface area contributed by atoms with Gasteiger partial charge in [-0.3, -0.25) is 4.79 Å². The third-order valence-electron chi connectivity index (χ3n) is 7.80. The molecule has 0 amide bonds. The molecule has 40 heavy (non-hydrogen) atoms. The summed E-state index contributed by atoms with van der Waals surface area (Å²) in [5.41, 5.74) is 5.98. The summed E-state index contributed by atoms with van der Waals surface area (Å²) in [5.74, 6) is 1.35. The summed E-state index contributed by atoms with van der Waals surface area (Å²) in [5, 5.41) is 0.